The highest BCUT2D eigenvalue weighted by molar-refractivity contribution is 5.91. The summed E-state index contributed by atoms with van der Waals surface area (Å²) in [6.45, 7) is 1.59. The van der Waals surface area contributed by atoms with Crippen molar-refractivity contribution >= 4 is 5.91 Å². The first-order valence-corrected chi connectivity index (χ1v) is 6.30. The summed E-state index contributed by atoms with van der Waals surface area (Å²) >= 11 is 0. The predicted octanol–water partition coefficient (Wildman–Crippen LogP) is 2.56. The van der Waals surface area contributed by atoms with Crippen molar-refractivity contribution in [2.75, 3.05) is 13.1 Å². The first kappa shape index (κ1) is 11.1. The third-order valence-corrected chi connectivity index (χ3v) is 3.53. The molecule has 4 heteroatoms. The van der Waals surface area contributed by atoms with Crippen molar-refractivity contribution in [3.63, 3.8) is 0 Å². The third-order valence-electron chi connectivity index (χ3n) is 3.53. The number of hydrogen-bond acceptors (Lipinski definition) is 2. The fourth-order valence-electron chi connectivity index (χ4n) is 2.51. The Morgan fingerprint density at radius 3 is 2.50 bits per heavy atom. The molecule has 1 fully saturated rings. The molecule has 18 heavy (non-hydrogen) atoms. The van der Waals surface area contributed by atoms with Gasteiger partial charge >= 0.3 is 0 Å². The topological polar surface area (TPSA) is 38.4 Å². The minimum absolute atomic E-state index is 0.00551. The molecule has 0 N–H and O–H groups in total. The van der Waals surface area contributed by atoms with E-state index in [0.717, 1.165) is 25.9 Å². The highest BCUT2D eigenvalue weighted by Crippen LogP contribution is 2.23. The number of rotatable bonds is 2. The number of aromatic nitrogens is 1. The van der Waals surface area contributed by atoms with Crippen molar-refractivity contribution in [2.45, 2.75) is 18.9 Å². The van der Waals surface area contributed by atoms with Gasteiger partial charge in [-0.1, -0.05) is 0 Å². The van der Waals surface area contributed by atoms with Gasteiger partial charge in [-0.15, -0.1) is 0 Å². The second-order valence-electron chi connectivity index (χ2n) is 4.63. The molecule has 1 aliphatic heterocycles. The molecule has 0 bridgehead atoms. The van der Waals surface area contributed by atoms with E-state index >= 15 is 0 Å². The van der Waals surface area contributed by atoms with E-state index in [1.165, 1.54) is 0 Å². The van der Waals surface area contributed by atoms with Gasteiger partial charge in [0.05, 0.1) is 6.26 Å². The van der Waals surface area contributed by atoms with Crippen LogP contribution in [0.15, 0.2) is 47.3 Å². The number of piperidine rings is 1. The lowest BCUT2D eigenvalue weighted by molar-refractivity contribution is 0.0662. The standard InChI is InChI=1S/C14H16N2O2/c17-14(13-4-3-11-18-13)16-9-5-12(6-10-16)15-7-1-2-8-15/h1-4,7-8,11-12H,5-6,9-10H2. The number of amides is 1. The summed E-state index contributed by atoms with van der Waals surface area (Å²) in [7, 11) is 0. The highest BCUT2D eigenvalue weighted by Gasteiger charge is 2.25. The average molecular weight is 244 g/mol. The molecule has 2 aromatic rings. The number of carbonyl (C=O) groups excluding carboxylic acids is 1. The normalized spacial score (nSPS) is 17.0. The Morgan fingerprint density at radius 1 is 1.17 bits per heavy atom. The molecule has 0 unspecified atom stereocenters. The molecule has 0 aliphatic carbocycles. The van der Waals surface area contributed by atoms with E-state index in [4.69, 9.17) is 4.42 Å². The van der Waals surface area contributed by atoms with Crippen molar-refractivity contribution in [1.82, 2.24) is 9.47 Å². The number of hydrogen-bond donors (Lipinski definition) is 0. The van der Waals surface area contributed by atoms with Crippen LogP contribution in [0, 0.1) is 0 Å². The van der Waals surface area contributed by atoms with Gasteiger partial charge in [0.2, 0.25) is 0 Å². The predicted molar refractivity (Wildman–Crippen MR) is 67.3 cm³/mol. The van der Waals surface area contributed by atoms with Crippen LogP contribution in [-0.2, 0) is 0 Å². The molecule has 3 heterocycles. The van der Waals surface area contributed by atoms with Crippen molar-refractivity contribution in [3.05, 3.63) is 48.7 Å². The Kier molecular flexibility index (Phi) is 2.92. The second kappa shape index (κ2) is 4.72. The summed E-state index contributed by atoms with van der Waals surface area (Å²) in [5.74, 6) is 0.445. The van der Waals surface area contributed by atoms with Crippen molar-refractivity contribution in [2.24, 2.45) is 0 Å². The summed E-state index contributed by atoms with van der Waals surface area (Å²) in [4.78, 5) is 14.0. The quantitative estimate of drug-likeness (QED) is 0.814. The molecule has 0 saturated carbocycles. The van der Waals surface area contributed by atoms with E-state index in [0.29, 0.717) is 11.8 Å². The lowest BCUT2D eigenvalue weighted by atomic mass is 10.0. The molecule has 1 saturated heterocycles. The van der Waals surface area contributed by atoms with Crippen LogP contribution in [0.5, 0.6) is 0 Å². The van der Waals surface area contributed by atoms with Gasteiger partial charge in [0.25, 0.3) is 5.91 Å². The average Bonchev–Trinajstić information content (AvgIpc) is 3.11. The first-order chi connectivity index (χ1) is 8.84. The molecule has 3 rings (SSSR count). The van der Waals surface area contributed by atoms with E-state index < -0.39 is 0 Å². The van der Waals surface area contributed by atoms with Crippen molar-refractivity contribution in [1.29, 1.82) is 0 Å². The summed E-state index contributed by atoms with van der Waals surface area (Å²) in [5, 5.41) is 0. The molecule has 2 aromatic heterocycles. The zero-order chi connectivity index (χ0) is 12.4. The Hall–Kier alpha value is -1.97. The lowest BCUT2D eigenvalue weighted by Crippen LogP contribution is -2.38. The van der Waals surface area contributed by atoms with E-state index in [1.54, 1.807) is 18.4 Å². The van der Waals surface area contributed by atoms with E-state index in [2.05, 4.69) is 17.0 Å². The number of carbonyl (C=O) groups is 1. The SMILES string of the molecule is O=C(c1ccco1)N1CCC(n2cccc2)CC1. The van der Waals surface area contributed by atoms with Gasteiger partial charge in [-0.3, -0.25) is 4.79 Å². The molecule has 0 atom stereocenters. The molecule has 1 aliphatic rings. The third kappa shape index (κ3) is 2.06. The summed E-state index contributed by atoms with van der Waals surface area (Å²) in [6, 6.07) is 8.07. The number of nitrogens with zero attached hydrogens (tertiary/aromatic N) is 2. The minimum Gasteiger partial charge on any atom is -0.459 e. The molecule has 0 spiro atoms. The maximum Gasteiger partial charge on any atom is 0.289 e. The van der Waals surface area contributed by atoms with Crippen molar-refractivity contribution < 1.29 is 9.21 Å². The maximum absolute atomic E-state index is 12.1. The van der Waals surface area contributed by atoms with Crippen LogP contribution in [-0.4, -0.2) is 28.5 Å². The van der Waals surface area contributed by atoms with Gasteiger partial charge < -0.3 is 13.9 Å². The molecule has 4 nitrogen and oxygen atoms in total. The maximum atomic E-state index is 12.1. The lowest BCUT2D eigenvalue weighted by Gasteiger charge is -2.32. The summed E-state index contributed by atoms with van der Waals surface area (Å²) < 4.78 is 7.38. The van der Waals surface area contributed by atoms with Gasteiger partial charge in [0.15, 0.2) is 5.76 Å². The van der Waals surface area contributed by atoms with Crippen LogP contribution in [0.1, 0.15) is 29.4 Å². The molecular formula is C14H16N2O2. The van der Waals surface area contributed by atoms with Gasteiger partial charge in [0, 0.05) is 31.5 Å². The van der Waals surface area contributed by atoms with E-state index in [-0.39, 0.29) is 5.91 Å². The van der Waals surface area contributed by atoms with Gasteiger partial charge in [-0.2, -0.15) is 0 Å². The largest absolute Gasteiger partial charge is 0.459 e. The zero-order valence-corrected chi connectivity index (χ0v) is 10.2. The molecule has 1 amide bonds. The van der Waals surface area contributed by atoms with Gasteiger partial charge in [-0.05, 0) is 37.1 Å². The fourth-order valence-corrected chi connectivity index (χ4v) is 2.51. The molecular weight excluding hydrogens is 228 g/mol. The Labute approximate surface area is 106 Å². The first-order valence-electron chi connectivity index (χ1n) is 6.30. The Morgan fingerprint density at radius 2 is 1.89 bits per heavy atom. The molecule has 94 valence electrons. The second-order valence-corrected chi connectivity index (χ2v) is 4.63. The summed E-state index contributed by atoms with van der Waals surface area (Å²) in [6.07, 6.45) is 7.73. The number of furan rings is 1. The van der Waals surface area contributed by atoms with Crippen LogP contribution in [0.3, 0.4) is 0 Å². The Balaban J connectivity index is 1.62. The minimum atomic E-state index is 0.00551. The molecule has 0 aromatic carbocycles. The zero-order valence-electron chi connectivity index (χ0n) is 10.2. The van der Waals surface area contributed by atoms with Crippen LogP contribution < -0.4 is 0 Å². The van der Waals surface area contributed by atoms with Crippen LogP contribution in [0.2, 0.25) is 0 Å². The number of likely N-dealkylation sites (tertiary alicyclic amines) is 1. The van der Waals surface area contributed by atoms with E-state index in [9.17, 15) is 4.79 Å². The van der Waals surface area contributed by atoms with Crippen LogP contribution in [0.4, 0.5) is 0 Å². The van der Waals surface area contributed by atoms with E-state index in [1.807, 2.05) is 17.0 Å². The van der Waals surface area contributed by atoms with Crippen molar-refractivity contribution in [3.8, 4) is 0 Å². The van der Waals surface area contributed by atoms with Gasteiger partial charge in [0.1, 0.15) is 0 Å². The Bertz CT molecular complexity index is 494. The summed E-state index contributed by atoms with van der Waals surface area (Å²) in [5.41, 5.74) is 0. The smallest absolute Gasteiger partial charge is 0.289 e. The fraction of sp³-hybridized carbons (Fsp3) is 0.357. The van der Waals surface area contributed by atoms with Crippen LogP contribution in [0.25, 0.3) is 0 Å². The van der Waals surface area contributed by atoms with Gasteiger partial charge in [-0.25, -0.2) is 0 Å². The molecule has 0 radical (unpaired) electrons. The highest BCUT2D eigenvalue weighted by atomic mass is 16.3. The monoisotopic (exact) mass is 244 g/mol. The van der Waals surface area contributed by atoms with Crippen LogP contribution >= 0.6 is 0 Å².